The highest BCUT2D eigenvalue weighted by atomic mass is 16.5. The fraction of sp³-hybridized carbons (Fsp3) is 0.983. The molecule has 0 atom stereocenters. The molecule has 62 heavy (non-hydrogen) atoms. The summed E-state index contributed by atoms with van der Waals surface area (Å²) in [5.74, 6) is -0.211. The highest BCUT2D eigenvalue weighted by Crippen LogP contribution is 2.04. The van der Waals surface area contributed by atoms with E-state index in [4.69, 9.17) is 0 Å². The number of hydrogen-bond donors (Lipinski definition) is 0. The summed E-state index contributed by atoms with van der Waals surface area (Å²) in [6.45, 7) is 39.6. The van der Waals surface area contributed by atoms with Crippen molar-refractivity contribution in [1.29, 1.82) is 0 Å². The Kier molecular flexibility index (Phi) is 142. The van der Waals surface area contributed by atoms with Crippen LogP contribution in [0.1, 0.15) is 381 Å². The molecule has 0 saturated heterocycles. The van der Waals surface area contributed by atoms with Crippen LogP contribution >= 0.6 is 0 Å². The minimum atomic E-state index is -0.211. The molecule has 0 heterocycles. The molecule has 0 saturated carbocycles. The molecule has 2 nitrogen and oxygen atoms in total. The Hall–Kier alpha value is -0.530. The molecular formula is C60H136O2. The molecular weight excluding hydrogens is 753 g/mol. The van der Waals surface area contributed by atoms with E-state index in [9.17, 15) is 4.79 Å². The van der Waals surface area contributed by atoms with Crippen molar-refractivity contribution < 1.29 is 9.53 Å². The van der Waals surface area contributed by atoms with Crippen molar-refractivity contribution in [1.82, 2.24) is 0 Å². The van der Waals surface area contributed by atoms with E-state index in [1.165, 1.54) is 264 Å². The van der Waals surface area contributed by atoms with E-state index < -0.39 is 0 Å². The second-order valence-electron chi connectivity index (χ2n) is 17.4. The van der Waals surface area contributed by atoms with Crippen molar-refractivity contribution in [3.63, 3.8) is 0 Å². The van der Waals surface area contributed by atoms with Gasteiger partial charge in [-0.1, -0.05) is 368 Å². The Morgan fingerprint density at radius 1 is 0.210 bits per heavy atom. The van der Waals surface area contributed by atoms with Crippen LogP contribution in [-0.2, 0) is 9.53 Å². The molecule has 0 aromatic heterocycles. The standard InChI is InChI=1S/8C7H16.C4H8O2/c8*1-3-5-7-6-4-2;1-3-6-4(2)5/h8*3-7H2,1-2H3;3H2,1-2H3. The molecule has 0 spiro atoms. The van der Waals surface area contributed by atoms with Crippen molar-refractivity contribution in [3.05, 3.63) is 0 Å². The Morgan fingerprint density at radius 2 is 0.306 bits per heavy atom. The first-order valence-corrected chi connectivity index (χ1v) is 29.2. The van der Waals surface area contributed by atoms with Crippen LogP contribution in [0.4, 0.5) is 0 Å². The van der Waals surface area contributed by atoms with Crippen molar-refractivity contribution in [3.8, 4) is 0 Å². The molecule has 0 aromatic rings. The predicted octanol–water partition coefficient (Wildman–Crippen LogP) is 24.4. The van der Waals surface area contributed by atoms with E-state index in [1.54, 1.807) is 6.92 Å². The van der Waals surface area contributed by atoms with Crippen LogP contribution in [-0.4, -0.2) is 12.6 Å². The monoisotopic (exact) mass is 889 g/mol. The Balaban J connectivity index is -0.0000000728. The largest absolute Gasteiger partial charge is 0.466 e. The summed E-state index contributed by atoms with van der Waals surface area (Å²) in [6.07, 6.45) is 56.1. The smallest absolute Gasteiger partial charge is 0.302 e. The fourth-order valence-corrected chi connectivity index (χ4v) is 5.62. The lowest BCUT2D eigenvalue weighted by molar-refractivity contribution is -0.140. The number of carbonyl (C=O) groups is 1. The van der Waals surface area contributed by atoms with E-state index in [0.29, 0.717) is 6.61 Å². The van der Waals surface area contributed by atoms with E-state index in [2.05, 4.69) is 116 Å². The predicted molar refractivity (Wildman–Crippen MR) is 298 cm³/mol. The second kappa shape index (κ2) is 108. The van der Waals surface area contributed by atoms with E-state index in [1.807, 2.05) is 0 Å². The van der Waals surface area contributed by atoms with Crippen LogP contribution < -0.4 is 0 Å². The zero-order valence-corrected chi connectivity index (χ0v) is 48.3. The average molecular weight is 890 g/mol. The SMILES string of the molecule is CCCCCCC.CCCCCCC.CCCCCCC.CCCCCCC.CCCCCCC.CCCCCCC.CCCCCCC.CCCCCCC.CCOC(C)=O. The van der Waals surface area contributed by atoms with Crippen LogP contribution in [0.3, 0.4) is 0 Å². The van der Waals surface area contributed by atoms with Gasteiger partial charge in [-0.15, -0.1) is 0 Å². The lowest BCUT2D eigenvalue weighted by atomic mass is 10.2. The molecule has 388 valence electrons. The van der Waals surface area contributed by atoms with Gasteiger partial charge >= 0.3 is 5.97 Å². The van der Waals surface area contributed by atoms with Crippen LogP contribution in [0, 0.1) is 0 Å². The summed E-state index contributed by atoms with van der Waals surface area (Å²) in [7, 11) is 0. The molecule has 0 bridgehead atoms. The van der Waals surface area contributed by atoms with Gasteiger partial charge in [-0.2, -0.15) is 0 Å². The minimum absolute atomic E-state index is 0.211. The highest BCUT2D eigenvalue weighted by Gasteiger charge is 1.85. The van der Waals surface area contributed by atoms with Crippen LogP contribution in [0.5, 0.6) is 0 Å². The number of ether oxygens (including phenoxy) is 1. The number of rotatable bonds is 33. The first kappa shape index (κ1) is 81.6. The number of esters is 1. The minimum Gasteiger partial charge on any atom is -0.466 e. The molecule has 0 rings (SSSR count). The maximum Gasteiger partial charge on any atom is 0.302 e. The van der Waals surface area contributed by atoms with Crippen LogP contribution in [0.25, 0.3) is 0 Å². The molecule has 0 aliphatic carbocycles. The fourth-order valence-electron chi connectivity index (χ4n) is 5.62. The maximum absolute atomic E-state index is 9.82. The zero-order chi connectivity index (χ0) is 49.3. The summed E-state index contributed by atoms with van der Waals surface area (Å²) in [5.41, 5.74) is 0. The number of hydrogen-bond acceptors (Lipinski definition) is 2. The van der Waals surface area contributed by atoms with Gasteiger partial charge in [-0.3, -0.25) is 4.79 Å². The third-order valence-electron chi connectivity index (χ3n) is 10.0. The van der Waals surface area contributed by atoms with Gasteiger partial charge in [0.15, 0.2) is 0 Å². The van der Waals surface area contributed by atoms with Crippen molar-refractivity contribution in [2.24, 2.45) is 0 Å². The van der Waals surface area contributed by atoms with Crippen molar-refractivity contribution in [2.75, 3.05) is 6.61 Å². The van der Waals surface area contributed by atoms with Crippen LogP contribution in [0.15, 0.2) is 0 Å². The van der Waals surface area contributed by atoms with E-state index in [-0.39, 0.29) is 5.97 Å². The number of carbonyl (C=O) groups excluding carboxylic acids is 1. The van der Waals surface area contributed by atoms with Crippen molar-refractivity contribution in [2.45, 2.75) is 381 Å². The number of unbranched alkanes of at least 4 members (excludes halogenated alkanes) is 32. The summed E-state index contributed by atoms with van der Waals surface area (Å²) < 4.78 is 4.40. The summed E-state index contributed by atoms with van der Waals surface area (Å²) >= 11 is 0. The quantitative estimate of drug-likeness (QED) is 0.0485. The van der Waals surface area contributed by atoms with Gasteiger partial charge in [-0.25, -0.2) is 0 Å². The summed E-state index contributed by atoms with van der Waals surface area (Å²) in [6, 6.07) is 0. The molecule has 0 fully saturated rings. The van der Waals surface area contributed by atoms with Gasteiger partial charge in [0.1, 0.15) is 0 Å². The summed E-state index contributed by atoms with van der Waals surface area (Å²) in [4.78, 5) is 9.82. The lowest BCUT2D eigenvalue weighted by Crippen LogP contribution is -1.95. The average Bonchev–Trinajstić information content (AvgIpc) is 3.27. The highest BCUT2D eigenvalue weighted by molar-refractivity contribution is 5.65. The third-order valence-corrected chi connectivity index (χ3v) is 10.0. The third kappa shape index (κ3) is 171. The molecule has 0 aliphatic rings. The Morgan fingerprint density at radius 3 is 0.339 bits per heavy atom. The normalized spacial score (nSPS) is 9.26. The zero-order valence-electron chi connectivity index (χ0n) is 48.3. The molecule has 0 radical (unpaired) electrons. The lowest BCUT2D eigenvalue weighted by Gasteiger charge is -1.90. The first-order valence-electron chi connectivity index (χ1n) is 29.2. The molecule has 0 unspecified atom stereocenters. The molecule has 0 aromatic carbocycles. The molecule has 2 heteroatoms. The van der Waals surface area contributed by atoms with E-state index in [0.717, 1.165) is 0 Å². The Labute approximate surface area is 402 Å². The van der Waals surface area contributed by atoms with Crippen LogP contribution in [0.2, 0.25) is 0 Å². The molecule has 0 amide bonds. The van der Waals surface area contributed by atoms with Gasteiger partial charge in [0.05, 0.1) is 6.61 Å². The van der Waals surface area contributed by atoms with E-state index >= 15 is 0 Å². The first-order chi connectivity index (χ1) is 30.1. The Bertz CT molecular complexity index is 393. The summed E-state index contributed by atoms with van der Waals surface area (Å²) in [5, 5.41) is 0. The van der Waals surface area contributed by atoms with Gasteiger partial charge < -0.3 is 4.74 Å². The second-order valence-corrected chi connectivity index (χ2v) is 17.4. The van der Waals surface area contributed by atoms with Gasteiger partial charge in [0.2, 0.25) is 0 Å². The van der Waals surface area contributed by atoms with Gasteiger partial charge in [-0.05, 0) is 6.92 Å². The molecule has 0 N–H and O–H groups in total. The van der Waals surface area contributed by atoms with Gasteiger partial charge in [0, 0.05) is 6.92 Å². The molecule has 0 aliphatic heterocycles. The maximum atomic E-state index is 9.82. The van der Waals surface area contributed by atoms with Gasteiger partial charge in [0.25, 0.3) is 0 Å². The topological polar surface area (TPSA) is 26.3 Å². The van der Waals surface area contributed by atoms with Crippen molar-refractivity contribution >= 4 is 5.97 Å².